The molecule has 0 aromatic carbocycles. The number of hydrogen-bond acceptors (Lipinski definition) is 4. The van der Waals surface area contributed by atoms with Crippen LogP contribution in [0.25, 0.3) is 10.7 Å². The molecule has 1 aliphatic rings. The maximum absolute atomic E-state index is 6.02. The van der Waals surface area contributed by atoms with Gasteiger partial charge in [0.25, 0.3) is 0 Å². The van der Waals surface area contributed by atoms with Crippen LogP contribution in [0.15, 0.2) is 12.1 Å². The van der Waals surface area contributed by atoms with E-state index in [2.05, 4.69) is 33.8 Å². The zero-order valence-electron chi connectivity index (χ0n) is 9.18. The number of thiophene rings is 1. The SMILES string of the molecule is Cc1ccc(-c2nnc3n2CCCC3N)s1. The van der Waals surface area contributed by atoms with Gasteiger partial charge in [0, 0.05) is 11.4 Å². The Labute approximate surface area is 98.1 Å². The van der Waals surface area contributed by atoms with Crippen molar-refractivity contribution in [2.45, 2.75) is 32.4 Å². The van der Waals surface area contributed by atoms with Crippen LogP contribution >= 0.6 is 11.3 Å². The summed E-state index contributed by atoms with van der Waals surface area (Å²) in [7, 11) is 0. The Morgan fingerprint density at radius 3 is 3.06 bits per heavy atom. The van der Waals surface area contributed by atoms with Crippen LogP contribution in [0.4, 0.5) is 0 Å². The Balaban J connectivity index is 2.09. The third kappa shape index (κ3) is 1.47. The summed E-state index contributed by atoms with van der Waals surface area (Å²) in [5.74, 6) is 1.91. The number of hydrogen-bond donors (Lipinski definition) is 1. The van der Waals surface area contributed by atoms with Gasteiger partial charge in [0.15, 0.2) is 5.82 Å². The van der Waals surface area contributed by atoms with E-state index in [0.29, 0.717) is 0 Å². The van der Waals surface area contributed by atoms with Gasteiger partial charge in [-0.15, -0.1) is 21.5 Å². The van der Waals surface area contributed by atoms with Crippen molar-refractivity contribution in [2.75, 3.05) is 0 Å². The number of aromatic nitrogens is 3. The third-order valence-electron chi connectivity index (χ3n) is 2.97. The van der Waals surface area contributed by atoms with Gasteiger partial charge in [-0.3, -0.25) is 0 Å². The highest BCUT2D eigenvalue weighted by Gasteiger charge is 2.23. The fraction of sp³-hybridized carbons (Fsp3) is 0.455. The second kappa shape index (κ2) is 3.68. The van der Waals surface area contributed by atoms with Crippen molar-refractivity contribution in [1.82, 2.24) is 14.8 Å². The van der Waals surface area contributed by atoms with E-state index in [0.717, 1.165) is 31.0 Å². The molecule has 1 aliphatic heterocycles. The van der Waals surface area contributed by atoms with Crippen molar-refractivity contribution in [3.05, 3.63) is 22.8 Å². The van der Waals surface area contributed by atoms with E-state index in [1.165, 1.54) is 9.75 Å². The lowest BCUT2D eigenvalue weighted by atomic mass is 10.1. The van der Waals surface area contributed by atoms with Crippen LogP contribution in [0, 0.1) is 6.92 Å². The van der Waals surface area contributed by atoms with Crippen LogP contribution in [0.1, 0.15) is 29.6 Å². The van der Waals surface area contributed by atoms with Crippen LogP contribution in [-0.4, -0.2) is 14.8 Å². The molecule has 3 rings (SSSR count). The Kier molecular flexibility index (Phi) is 2.29. The molecular formula is C11H14N4S. The molecule has 84 valence electrons. The molecule has 2 N–H and O–H groups in total. The molecule has 2 aromatic heterocycles. The maximum Gasteiger partial charge on any atom is 0.174 e. The van der Waals surface area contributed by atoms with Crippen molar-refractivity contribution < 1.29 is 0 Å². The topological polar surface area (TPSA) is 56.7 Å². The van der Waals surface area contributed by atoms with Gasteiger partial charge in [0.1, 0.15) is 5.82 Å². The first-order valence-corrected chi connectivity index (χ1v) is 6.33. The Morgan fingerprint density at radius 1 is 1.44 bits per heavy atom. The molecule has 2 aromatic rings. The average molecular weight is 234 g/mol. The Morgan fingerprint density at radius 2 is 2.31 bits per heavy atom. The van der Waals surface area contributed by atoms with E-state index in [9.17, 15) is 0 Å². The quantitative estimate of drug-likeness (QED) is 0.822. The smallest absolute Gasteiger partial charge is 0.174 e. The van der Waals surface area contributed by atoms with E-state index in [4.69, 9.17) is 5.73 Å². The summed E-state index contributed by atoms with van der Waals surface area (Å²) in [6.07, 6.45) is 2.13. The summed E-state index contributed by atoms with van der Waals surface area (Å²) in [4.78, 5) is 2.48. The monoisotopic (exact) mass is 234 g/mol. The largest absolute Gasteiger partial charge is 0.321 e. The van der Waals surface area contributed by atoms with Crippen LogP contribution < -0.4 is 5.73 Å². The zero-order chi connectivity index (χ0) is 11.1. The Hall–Kier alpha value is -1.20. The van der Waals surface area contributed by atoms with Crippen LogP contribution in [-0.2, 0) is 6.54 Å². The lowest BCUT2D eigenvalue weighted by Gasteiger charge is -2.19. The number of nitrogens with zero attached hydrogens (tertiary/aromatic N) is 3. The molecule has 0 spiro atoms. The van der Waals surface area contributed by atoms with Gasteiger partial charge >= 0.3 is 0 Å². The van der Waals surface area contributed by atoms with Gasteiger partial charge in [-0.2, -0.15) is 0 Å². The maximum atomic E-state index is 6.02. The normalized spacial score (nSPS) is 19.8. The summed E-state index contributed by atoms with van der Waals surface area (Å²) in [5, 5.41) is 8.49. The van der Waals surface area contributed by atoms with E-state index < -0.39 is 0 Å². The second-order valence-electron chi connectivity index (χ2n) is 4.19. The first-order chi connectivity index (χ1) is 7.75. The lowest BCUT2D eigenvalue weighted by Crippen LogP contribution is -2.22. The van der Waals surface area contributed by atoms with Gasteiger partial charge in [0.05, 0.1) is 10.9 Å². The third-order valence-corrected chi connectivity index (χ3v) is 3.97. The molecule has 16 heavy (non-hydrogen) atoms. The first-order valence-electron chi connectivity index (χ1n) is 5.51. The van der Waals surface area contributed by atoms with Crippen LogP contribution in [0.2, 0.25) is 0 Å². The highest BCUT2D eigenvalue weighted by Crippen LogP contribution is 2.30. The van der Waals surface area contributed by atoms with Crippen LogP contribution in [0.5, 0.6) is 0 Å². The van der Waals surface area contributed by atoms with Crippen molar-refractivity contribution in [3.63, 3.8) is 0 Å². The molecule has 0 saturated carbocycles. The summed E-state index contributed by atoms with van der Waals surface area (Å²) in [6, 6.07) is 4.28. The van der Waals surface area contributed by atoms with Crippen molar-refractivity contribution >= 4 is 11.3 Å². The fourth-order valence-corrected chi connectivity index (χ4v) is 3.01. The fourth-order valence-electron chi connectivity index (χ4n) is 2.15. The predicted molar refractivity (Wildman–Crippen MR) is 64.2 cm³/mol. The lowest BCUT2D eigenvalue weighted by molar-refractivity contribution is 0.454. The van der Waals surface area contributed by atoms with Gasteiger partial charge in [-0.1, -0.05) is 0 Å². The second-order valence-corrected chi connectivity index (χ2v) is 5.48. The molecule has 1 unspecified atom stereocenters. The van der Waals surface area contributed by atoms with E-state index in [-0.39, 0.29) is 6.04 Å². The predicted octanol–water partition coefficient (Wildman–Crippen LogP) is 2.11. The van der Waals surface area contributed by atoms with E-state index in [1.54, 1.807) is 11.3 Å². The number of fused-ring (bicyclic) bond motifs is 1. The highest BCUT2D eigenvalue weighted by molar-refractivity contribution is 7.15. The minimum atomic E-state index is 0.0519. The first kappa shape index (κ1) is 9.99. The number of aryl methyl sites for hydroxylation is 1. The average Bonchev–Trinajstić information content (AvgIpc) is 2.84. The molecule has 0 aliphatic carbocycles. The molecule has 1 atom stereocenters. The molecule has 5 heteroatoms. The molecule has 0 saturated heterocycles. The van der Waals surface area contributed by atoms with Crippen molar-refractivity contribution in [1.29, 1.82) is 0 Å². The molecular weight excluding hydrogens is 220 g/mol. The zero-order valence-corrected chi connectivity index (χ0v) is 10.00. The summed E-state index contributed by atoms with van der Waals surface area (Å²) >= 11 is 1.76. The van der Waals surface area contributed by atoms with Gasteiger partial charge in [-0.05, 0) is 31.9 Å². The van der Waals surface area contributed by atoms with Crippen molar-refractivity contribution in [3.8, 4) is 10.7 Å². The molecule has 4 nitrogen and oxygen atoms in total. The van der Waals surface area contributed by atoms with E-state index in [1.807, 2.05) is 0 Å². The Bertz CT molecular complexity index is 514. The van der Waals surface area contributed by atoms with Gasteiger partial charge < -0.3 is 10.3 Å². The highest BCUT2D eigenvalue weighted by atomic mass is 32.1. The minimum Gasteiger partial charge on any atom is -0.321 e. The van der Waals surface area contributed by atoms with Crippen LogP contribution in [0.3, 0.4) is 0 Å². The summed E-state index contributed by atoms with van der Waals surface area (Å²) in [6.45, 7) is 3.09. The molecule has 0 fully saturated rings. The number of rotatable bonds is 1. The molecule has 0 radical (unpaired) electrons. The standard InChI is InChI=1S/C11H14N4S/c1-7-4-5-9(16-7)11-14-13-10-8(12)3-2-6-15(10)11/h4-5,8H,2-3,6,12H2,1H3. The van der Waals surface area contributed by atoms with Gasteiger partial charge in [-0.25, -0.2) is 0 Å². The summed E-state index contributed by atoms with van der Waals surface area (Å²) < 4.78 is 2.17. The van der Waals surface area contributed by atoms with Gasteiger partial charge in [0.2, 0.25) is 0 Å². The molecule has 0 bridgehead atoms. The van der Waals surface area contributed by atoms with E-state index >= 15 is 0 Å². The van der Waals surface area contributed by atoms with Crippen molar-refractivity contribution in [2.24, 2.45) is 5.73 Å². The minimum absolute atomic E-state index is 0.0519. The molecule has 3 heterocycles. The number of nitrogens with two attached hydrogens (primary N) is 1. The molecule has 0 amide bonds. The summed E-state index contributed by atoms with van der Waals surface area (Å²) in [5.41, 5.74) is 6.02.